The Bertz CT molecular complexity index is 1230. The van der Waals surface area contributed by atoms with Gasteiger partial charge in [-0.05, 0) is 17.7 Å². The number of thiophene rings is 1. The lowest BCUT2D eigenvalue weighted by molar-refractivity contribution is 0.234. The highest BCUT2D eigenvalue weighted by molar-refractivity contribution is 7.20. The Kier molecular flexibility index (Phi) is 6.18. The molecule has 0 spiro atoms. The normalized spacial score (nSPS) is 11.2. The van der Waals surface area contributed by atoms with Crippen molar-refractivity contribution in [1.29, 1.82) is 0 Å². The lowest BCUT2D eigenvalue weighted by atomic mass is 10.1. The van der Waals surface area contributed by atoms with Crippen LogP contribution in [0, 0.1) is 0 Å². The number of halogens is 1. The van der Waals surface area contributed by atoms with Crippen LogP contribution < -0.4 is 10.3 Å². The number of aliphatic hydroxyl groups excluding tert-OH is 1. The lowest BCUT2D eigenvalue weighted by Crippen LogP contribution is -2.20. The van der Waals surface area contributed by atoms with Crippen molar-refractivity contribution in [2.24, 2.45) is 7.05 Å². The molecule has 4 rings (SSSR count). The Hall–Kier alpha value is -2.67. The molecule has 0 atom stereocenters. The minimum absolute atomic E-state index is 0.0283. The predicted octanol–water partition coefficient (Wildman–Crippen LogP) is 4.67. The third-order valence-electron chi connectivity index (χ3n) is 4.76. The van der Waals surface area contributed by atoms with Crippen molar-refractivity contribution in [2.45, 2.75) is 12.8 Å². The SMILES string of the molecule is Cn1nc(-c2ccccc2)c2sc(Cc3cccc(Cl)c3)c(OCCCO)c2c1=O. The number of rotatable bonds is 7. The molecule has 0 aliphatic rings. The summed E-state index contributed by atoms with van der Waals surface area (Å²) in [5.74, 6) is 0.573. The molecule has 30 heavy (non-hydrogen) atoms. The Morgan fingerprint density at radius 2 is 1.97 bits per heavy atom. The maximum Gasteiger partial charge on any atom is 0.279 e. The van der Waals surface area contributed by atoms with E-state index in [0.717, 1.165) is 26.4 Å². The van der Waals surface area contributed by atoms with Crippen LogP contribution in [0.2, 0.25) is 5.02 Å². The summed E-state index contributed by atoms with van der Waals surface area (Å²) in [7, 11) is 1.65. The predicted molar refractivity (Wildman–Crippen MR) is 122 cm³/mol. The Morgan fingerprint density at radius 3 is 2.70 bits per heavy atom. The summed E-state index contributed by atoms with van der Waals surface area (Å²) in [5.41, 5.74) is 2.53. The fourth-order valence-electron chi connectivity index (χ4n) is 3.35. The number of hydrogen-bond donors (Lipinski definition) is 1. The molecule has 1 N–H and O–H groups in total. The second-order valence-corrected chi connectivity index (χ2v) is 8.48. The van der Waals surface area contributed by atoms with Gasteiger partial charge >= 0.3 is 0 Å². The Balaban J connectivity index is 1.92. The number of nitrogens with zero attached hydrogens (tertiary/aromatic N) is 2. The monoisotopic (exact) mass is 440 g/mol. The molecular weight excluding hydrogens is 420 g/mol. The summed E-state index contributed by atoms with van der Waals surface area (Å²) in [6.45, 7) is 0.359. The molecule has 7 heteroatoms. The highest BCUT2D eigenvalue weighted by atomic mass is 35.5. The molecule has 0 aliphatic carbocycles. The topological polar surface area (TPSA) is 64.3 Å². The third-order valence-corrected chi connectivity index (χ3v) is 6.17. The molecule has 2 heterocycles. The van der Waals surface area contributed by atoms with Crippen LogP contribution in [0.3, 0.4) is 0 Å². The van der Waals surface area contributed by atoms with E-state index in [0.29, 0.717) is 35.6 Å². The second kappa shape index (κ2) is 9.00. The van der Waals surface area contributed by atoms with Gasteiger partial charge in [0.15, 0.2) is 0 Å². The van der Waals surface area contributed by atoms with Crippen molar-refractivity contribution in [3.8, 4) is 17.0 Å². The van der Waals surface area contributed by atoms with Gasteiger partial charge in [-0.1, -0.05) is 54.1 Å². The van der Waals surface area contributed by atoms with E-state index in [4.69, 9.17) is 21.4 Å². The Labute approximate surface area is 183 Å². The molecule has 0 saturated heterocycles. The molecule has 0 radical (unpaired) electrons. The van der Waals surface area contributed by atoms with E-state index in [1.165, 1.54) is 16.0 Å². The summed E-state index contributed by atoms with van der Waals surface area (Å²) >= 11 is 7.68. The van der Waals surface area contributed by atoms with E-state index < -0.39 is 0 Å². The van der Waals surface area contributed by atoms with Gasteiger partial charge in [0.1, 0.15) is 16.8 Å². The first-order valence-corrected chi connectivity index (χ1v) is 10.8. The minimum Gasteiger partial charge on any atom is -0.491 e. The van der Waals surface area contributed by atoms with Crippen LogP contribution in [0.5, 0.6) is 5.75 Å². The van der Waals surface area contributed by atoms with Gasteiger partial charge in [-0.25, -0.2) is 4.68 Å². The molecule has 0 aliphatic heterocycles. The molecule has 4 aromatic rings. The number of hydrogen-bond acceptors (Lipinski definition) is 5. The zero-order chi connectivity index (χ0) is 21.1. The van der Waals surface area contributed by atoms with Gasteiger partial charge in [0, 0.05) is 37.1 Å². The average Bonchev–Trinajstić information content (AvgIpc) is 3.10. The molecule has 2 aromatic carbocycles. The fraction of sp³-hybridized carbons (Fsp3) is 0.217. The fourth-order valence-corrected chi connectivity index (χ4v) is 4.84. The van der Waals surface area contributed by atoms with Crippen LogP contribution >= 0.6 is 22.9 Å². The highest BCUT2D eigenvalue weighted by Crippen LogP contribution is 2.41. The number of aliphatic hydroxyl groups is 1. The molecule has 154 valence electrons. The smallest absolute Gasteiger partial charge is 0.279 e. The van der Waals surface area contributed by atoms with Gasteiger partial charge in [0.25, 0.3) is 5.56 Å². The number of fused-ring (bicyclic) bond motifs is 1. The summed E-state index contributed by atoms with van der Waals surface area (Å²) in [4.78, 5) is 14.0. The number of benzene rings is 2. The van der Waals surface area contributed by atoms with E-state index >= 15 is 0 Å². The van der Waals surface area contributed by atoms with Crippen LogP contribution in [0.15, 0.2) is 59.4 Å². The van der Waals surface area contributed by atoms with Gasteiger partial charge in [-0.15, -0.1) is 11.3 Å². The largest absolute Gasteiger partial charge is 0.491 e. The summed E-state index contributed by atoms with van der Waals surface area (Å²) in [5, 5.41) is 14.9. The number of aromatic nitrogens is 2. The molecule has 0 unspecified atom stereocenters. The quantitative estimate of drug-likeness (QED) is 0.424. The van der Waals surface area contributed by atoms with Gasteiger partial charge in [0.05, 0.1) is 16.2 Å². The molecule has 0 amide bonds. The van der Waals surface area contributed by atoms with Crippen LogP contribution in [0.1, 0.15) is 16.9 Å². The lowest BCUT2D eigenvalue weighted by Gasteiger charge is -2.09. The van der Waals surface area contributed by atoms with Crippen molar-refractivity contribution in [3.63, 3.8) is 0 Å². The first-order valence-electron chi connectivity index (χ1n) is 9.64. The number of ether oxygens (including phenoxy) is 1. The maximum atomic E-state index is 13.0. The van der Waals surface area contributed by atoms with Crippen molar-refractivity contribution in [2.75, 3.05) is 13.2 Å². The average molecular weight is 441 g/mol. The molecule has 2 aromatic heterocycles. The van der Waals surface area contributed by atoms with E-state index in [-0.39, 0.29) is 12.2 Å². The van der Waals surface area contributed by atoms with Gasteiger partial charge in [-0.2, -0.15) is 5.10 Å². The van der Waals surface area contributed by atoms with Crippen molar-refractivity contribution >= 4 is 33.0 Å². The van der Waals surface area contributed by atoms with Crippen molar-refractivity contribution in [1.82, 2.24) is 9.78 Å². The first kappa shape index (κ1) is 20.6. The van der Waals surface area contributed by atoms with Crippen LogP contribution in [-0.2, 0) is 13.5 Å². The maximum absolute atomic E-state index is 13.0. The Morgan fingerprint density at radius 1 is 1.17 bits per heavy atom. The highest BCUT2D eigenvalue weighted by Gasteiger charge is 2.22. The van der Waals surface area contributed by atoms with Gasteiger partial charge in [-0.3, -0.25) is 4.79 Å². The van der Waals surface area contributed by atoms with Crippen LogP contribution in [0.25, 0.3) is 21.3 Å². The second-order valence-electron chi connectivity index (χ2n) is 6.93. The third kappa shape index (κ3) is 4.12. The minimum atomic E-state index is -0.197. The summed E-state index contributed by atoms with van der Waals surface area (Å²) < 4.78 is 8.20. The zero-order valence-corrected chi connectivity index (χ0v) is 18.0. The van der Waals surface area contributed by atoms with E-state index in [1.54, 1.807) is 7.05 Å². The first-order chi connectivity index (χ1) is 14.6. The summed E-state index contributed by atoms with van der Waals surface area (Å²) in [6, 6.07) is 17.5. The van der Waals surface area contributed by atoms with Gasteiger partial charge in [0.2, 0.25) is 0 Å². The van der Waals surface area contributed by atoms with E-state index in [2.05, 4.69) is 5.10 Å². The van der Waals surface area contributed by atoms with E-state index in [9.17, 15) is 4.79 Å². The van der Waals surface area contributed by atoms with Crippen molar-refractivity contribution < 1.29 is 9.84 Å². The molecule has 0 bridgehead atoms. The number of aryl methyl sites for hydroxylation is 1. The molecule has 0 saturated carbocycles. The molecule has 0 fully saturated rings. The van der Waals surface area contributed by atoms with Crippen LogP contribution in [-0.4, -0.2) is 28.1 Å². The summed E-state index contributed by atoms with van der Waals surface area (Å²) in [6.07, 6.45) is 1.08. The molecular formula is C23H21ClN2O3S. The van der Waals surface area contributed by atoms with Gasteiger partial charge < -0.3 is 9.84 Å². The van der Waals surface area contributed by atoms with E-state index in [1.807, 2.05) is 54.6 Å². The van der Waals surface area contributed by atoms with Crippen molar-refractivity contribution in [3.05, 3.63) is 80.4 Å². The molecule has 5 nitrogen and oxygen atoms in total. The standard InChI is InChI=1S/C23H21ClN2O3S/c1-26-23(28)19-21(29-12-6-11-27)18(14-15-7-5-10-17(24)13-15)30-22(19)20(25-26)16-8-3-2-4-9-16/h2-5,7-10,13,27H,6,11-12,14H2,1H3. The zero-order valence-electron chi connectivity index (χ0n) is 16.5. The van der Waals surface area contributed by atoms with Crippen LogP contribution in [0.4, 0.5) is 0 Å².